The second-order valence-corrected chi connectivity index (χ2v) is 10.2. The van der Waals surface area contributed by atoms with Gasteiger partial charge < -0.3 is 25.0 Å². The number of rotatable bonds is 9. The molecule has 1 aliphatic rings. The largest absolute Gasteiger partial charge is 0.466 e. The molecule has 1 saturated heterocycles. The minimum atomic E-state index is -0.752. The lowest BCUT2D eigenvalue weighted by atomic mass is 10.0. The van der Waals surface area contributed by atoms with E-state index in [2.05, 4.69) is 10.6 Å². The maximum atomic E-state index is 13.4. The van der Waals surface area contributed by atoms with Crippen LogP contribution in [-0.2, 0) is 23.9 Å². The molecule has 1 fully saturated rings. The second kappa shape index (κ2) is 13.1. The molecule has 0 aliphatic carbocycles. The number of ether oxygens (including phenoxy) is 2. The highest BCUT2D eigenvalue weighted by Crippen LogP contribution is 2.37. The molecule has 2 aromatic carbocycles. The zero-order valence-corrected chi connectivity index (χ0v) is 22.4. The Balaban J connectivity index is 1.71. The summed E-state index contributed by atoms with van der Waals surface area (Å²) in [5.74, 6) is -1.31. The number of carbonyl (C=O) groups is 4. The maximum absolute atomic E-state index is 13.4. The van der Waals surface area contributed by atoms with E-state index < -0.39 is 41.6 Å². The fourth-order valence-electron chi connectivity index (χ4n) is 4.54. The molecule has 0 aromatic heterocycles. The summed E-state index contributed by atoms with van der Waals surface area (Å²) in [5, 5.41) is 5.36. The summed E-state index contributed by atoms with van der Waals surface area (Å²) in [6, 6.07) is 16.2. The Hall–Kier alpha value is -3.88. The van der Waals surface area contributed by atoms with Gasteiger partial charge in [0.2, 0.25) is 5.91 Å². The number of benzene rings is 2. The van der Waals surface area contributed by atoms with E-state index in [0.717, 1.165) is 11.1 Å². The Morgan fingerprint density at radius 3 is 2.21 bits per heavy atom. The van der Waals surface area contributed by atoms with Crippen molar-refractivity contribution in [3.05, 3.63) is 71.8 Å². The van der Waals surface area contributed by atoms with Crippen molar-refractivity contribution in [1.82, 2.24) is 15.5 Å². The van der Waals surface area contributed by atoms with Crippen LogP contribution < -0.4 is 10.6 Å². The van der Waals surface area contributed by atoms with Crippen molar-refractivity contribution in [1.29, 1.82) is 0 Å². The Kier molecular flexibility index (Phi) is 9.87. The lowest BCUT2D eigenvalue weighted by molar-refractivity contribution is -0.164. The van der Waals surface area contributed by atoms with Gasteiger partial charge in [-0.3, -0.25) is 9.59 Å². The van der Waals surface area contributed by atoms with Gasteiger partial charge in [-0.2, -0.15) is 0 Å². The summed E-state index contributed by atoms with van der Waals surface area (Å²) in [6.45, 7) is 6.98. The Morgan fingerprint density at radius 1 is 0.974 bits per heavy atom. The molecule has 0 bridgehead atoms. The first kappa shape index (κ1) is 28.7. The number of carbonyl (C=O) groups excluding carboxylic acids is 4. The lowest BCUT2D eigenvalue weighted by Gasteiger charge is -2.31. The molecule has 3 atom stereocenters. The van der Waals surface area contributed by atoms with Crippen LogP contribution in [0.5, 0.6) is 0 Å². The third-order valence-electron chi connectivity index (χ3n) is 6.12. The molecule has 1 heterocycles. The molecule has 38 heavy (non-hydrogen) atoms. The summed E-state index contributed by atoms with van der Waals surface area (Å²) >= 11 is 0. The van der Waals surface area contributed by atoms with Gasteiger partial charge in [-0.25, -0.2) is 9.59 Å². The predicted molar refractivity (Wildman–Crippen MR) is 142 cm³/mol. The first-order valence-corrected chi connectivity index (χ1v) is 12.9. The first-order chi connectivity index (χ1) is 18.1. The molecule has 0 radical (unpaired) electrons. The van der Waals surface area contributed by atoms with E-state index >= 15 is 0 Å². The van der Waals surface area contributed by atoms with Crippen LogP contribution in [-0.4, -0.2) is 53.6 Å². The van der Waals surface area contributed by atoms with E-state index in [4.69, 9.17) is 9.47 Å². The van der Waals surface area contributed by atoms with E-state index in [-0.39, 0.29) is 25.6 Å². The highest BCUT2D eigenvalue weighted by atomic mass is 16.6. The molecule has 2 N–H and O–H groups in total. The molecule has 1 aliphatic heterocycles. The van der Waals surface area contributed by atoms with Crippen LogP contribution in [0.15, 0.2) is 60.7 Å². The molecular formula is C29H37N3O6. The number of hydrogen-bond acceptors (Lipinski definition) is 6. The molecule has 3 amide bonds. The van der Waals surface area contributed by atoms with Gasteiger partial charge in [0.1, 0.15) is 11.6 Å². The number of esters is 2. The highest BCUT2D eigenvalue weighted by Gasteiger charge is 2.43. The van der Waals surface area contributed by atoms with E-state index in [1.807, 2.05) is 48.5 Å². The Morgan fingerprint density at radius 2 is 1.61 bits per heavy atom. The summed E-state index contributed by atoms with van der Waals surface area (Å²) in [4.78, 5) is 52.9. The highest BCUT2D eigenvalue weighted by molar-refractivity contribution is 5.89. The van der Waals surface area contributed by atoms with Gasteiger partial charge in [0, 0.05) is 0 Å². The fourth-order valence-corrected chi connectivity index (χ4v) is 4.54. The van der Waals surface area contributed by atoms with Crippen molar-refractivity contribution >= 4 is 23.9 Å². The van der Waals surface area contributed by atoms with Crippen LogP contribution in [0.3, 0.4) is 0 Å². The van der Waals surface area contributed by atoms with Crippen molar-refractivity contribution in [3.8, 4) is 0 Å². The number of likely N-dealkylation sites (tertiary alicyclic amines) is 1. The van der Waals surface area contributed by atoms with Crippen molar-refractivity contribution in [2.45, 2.75) is 70.7 Å². The SMILES string of the molecule is CCOC(=O)CC(NC(=O)NCC(=O)N1C(C(=O)OC(C)(C)C)CCC1c1ccccc1)c1ccccc1. The van der Waals surface area contributed by atoms with Crippen LogP contribution in [0.4, 0.5) is 4.79 Å². The molecule has 3 unspecified atom stereocenters. The van der Waals surface area contributed by atoms with Crippen molar-refractivity contribution in [3.63, 3.8) is 0 Å². The van der Waals surface area contributed by atoms with Crippen LogP contribution in [0.2, 0.25) is 0 Å². The van der Waals surface area contributed by atoms with E-state index in [1.165, 1.54) is 4.90 Å². The monoisotopic (exact) mass is 523 g/mol. The predicted octanol–water partition coefficient (Wildman–Crippen LogP) is 4.05. The molecule has 2 aromatic rings. The van der Waals surface area contributed by atoms with Gasteiger partial charge in [-0.1, -0.05) is 60.7 Å². The first-order valence-electron chi connectivity index (χ1n) is 12.9. The van der Waals surface area contributed by atoms with Crippen LogP contribution in [0.1, 0.15) is 70.2 Å². The maximum Gasteiger partial charge on any atom is 0.329 e. The van der Waals surface area contributed by atoms with Gasteiger partial charge in [0.25, 0.3) is 0 Å². The molecule has 9 nitrogen and oxygen atoms in total. The minimum Gasteiger partial charge on any atom is -0.466 e. The van der Waals surface area contributed by atoms with E-state index in [9.17, 15) is 19.2 Å². The average molecular weight is 524 g/mol. The third kappa shape index (κ3) is 8.06. The average Bonchev–Trinajstić information content (AvgIpc) is 3.33. The number of hydrogen-bond donors (Lipinski definition) is 2. The number of nitrogens with one attached hydrogen (secondary N) is 2. The van der Waals surface area contributed by atoms with E-state index in [1.54, 1.807) is 39.8 Å². The van der Waals surface area contributed by atoms with Gasteiger partial charge in [0.15, 0.2) is 0 Å². The van der Waals surface area contributed by atoms with Crippen LogP contribution >= 0.6 is 0 Å². The summed E-state index contributed by atoms with van der Waals surface area (Å²) in [5.41, 5.74) is 0.950. The molecule has 3 rings (SSSR count). The molecule has 0 saturated carbocycles. The van der Waals surface area contributed by atoms with Gasteiger partial charge in [0.05, 0.1) is 31.7 Å². The molecule has 0 spiro atoms. The Bertz CT molecular complexity index is 1100. The topological polar surface area (TPSA) is 114 Å². The number of amides is 3. The minimum absolute atomic E-state index is 0.0534. The van der Waals surface area contributed by atoms with Gasteiger partial charge >= 0.3 is 18.0 Å². The summed E-state index contributed by atoms with van der Waals surface area (Å²) < 4.78 is 10.6. The zero-order chi connectivity index (χ0) is 27.7. The van der Waals surface area contributed by atoms with Crippen LogP contribution in [0, 0.1) is 0 Å². The molecule has 9 heteroatoms. The summed E-state index contributed by atoms with van der Waals surface area (Å²) in [6.07, 6.45) is 1.01. The van der Waals surface area contributed by atoms with Gasteiger partial charge in [-0.15, -0.1) is 0 Å². The summed E-state index contributed by atoms with van der Waals surface area (Å²) in [7, 11) is 0. The number of nitrogens with zero attached hydrogens (tertiary/aromatic N) is 1. The van der Waals surface area contributed by atoms with E-state index in [0.29, 0.717) is 12.8 Å². The smallest absolute Gasteiger partial charge is 0.329 e. The second-order valence-electron chi connectivity index (χ2n) is 10.2. The van der Waals surface area contributed by atoms with Crippen molar-refractivity contribution in [2.75, 3.05) is 13.2 Å². The number of urea groups is 1. The van der Waals surface area contributed by atoms with Crippen molar-refractivity contribution < 1.29 is 28.7 Å². The quantitative estimate of drug-likeness (QED) is 0.480. The third-order valence-corrected chi connectivity index (χ3v) is 6.12. The van der Waals surface area contributed by atoms with Crippen molar-refractivity contribution in [2.24, 2.45) is 0 Å². The molecule has 204 valence electrons. The normalized spacial score (nSPS) is 17.8. The van der Waals surface area contributed by atoms with Gasteiger partial charge in [-0.05, 0) is 51.7 Å². The lowest BCUT2D eigenvalue weighted by Crippen LogP contribution is -2.49. The van der Waals surface area contributed by atoms with Crippen LogP contribution in [0.25, 0.3) is 0 Å². The zero-order valence-electron chi connectivity index (χ0n) is 22.4. The fraction of sp³-hybridized carbons (Fsp3) is 0.448. The molecular weight excluding hydrogens is 486 g/mol. The Labute approximate surface area is 223 Å². The standard InChI is InChI=1S/C29H37N3O6/c1-5-37-26(34)18-22(20-12-8-6-9-13-20)31-28(36)30-19-25(33)32-23(21-14-10-7-11-15-21)16-17-24(32)27(35)38-29(2,3)4/h6-15,22-24H,5,16-19H2,1-4H3,(H2,30,31,36).